The average molecular weight is 282 g/mol. The highest BCUT2D eigenvalue weighted by Crippen LogP contribution is 2.26. The van der Waals surface area contributed by atoms with Gasteiger partial charge in [-0.05, 0) is 61.0 Å². The van der Waals surface area contributed by atoms with Crippen molar-refractivity contribution in [3.8, 4) is 0 Å². The first-order valence-corrected chi connectivity index (χ1v) is 7.69. The Labute approximate surface area is 123 Å². The number of aryl methyl sites for hydroxylation is 1. The molecule has 3 aromatic rings. The van der Waals surface area contributed by atoms with Crippen LogP contribution in [0, 0.1) is 13.8 Å². The Bertz CT molecular complexity index is 746. The molecule has 0 radical (unpaired) electrons. The fraction of sp³-hybridized carbons (Fsp3) is 0.235. The van der Waals surface area contributed by atoms with Crippen molar-refractivity contribution in [2.75, 3.05) is 5.32 Å². The molecule has 0 aliphatic carbocycles. The van der Waals surface area contributed by atoms with Crippen LogP contribution >= 0.6 is 11.3 Å². The van der Waals surface area contributed by atoms with E-state index in [0.29, 0.717) is 0 Å². The number of thiophene rings is 1. The topological polar surface area (TPSA) is 24.9 Å². The van der Waals surface area contributed by atoms with Crippen LogP contribution in [-0.4, -0.2) is 4.98 Å². The highest BCUT2D eigenvalue weighted by atomic mass is 32.1. The van der Waals surface area contributed by atoms with Gasteiger partial charge in [-0.15, -0.1) is 11.3 Å². The molecule has 0 fully saturated rings. The lowest BCUT2D eigenvalue weighted by molar-refractivity contribution is 0.877. The summed E-state index contributed by atoms with van der Waals surface area (Å²) in [5, 5.41) is 5.68. The monoisotopic (exact) mass is 282 g/mol. The van der Waals surface area contributed by atoms with E-state index in [4.69, 9.17) is 0 Å². The number of fused-ring (bicyclic) bond motifs is 1. The predicted octanol–water partition coefficient (Wildman–Crippen LogP) is 5.09. The van der Waals surface area contributed by atoms with Gasteiger partial charge >= 0.3 is 0 Å². The zero-order valence-corrected chi connectivity index (χ0v) is 12.8. The lowest BCUT2D eigenvalue weighted by atomic mass is 10.1. The van der Waals surface area contributed by atoms with Gasteiger partial charge in [-0.2, -0.15) is 0 Å². The van der Waals surface area contributed by atoms with E-state index >= 15 is 0 Å². The number of aromatic nitrogens is 1. The van der Waals surface area contributed by atoms with Crippen LogP contribution < -0.4 is 5.32 Å². The van der Waals surface area contributed by atoms with Gasteiger partial charge in [0.25, 0.3) is 0 Å². The van der Waals surface area contributed by atoms with E-state index in [-0.39, 0.29) is 6.04 Å². The van der Waals surface area contributed by atoms with Gasteiger partial charge in [0, 0.05) is 11.9 Å². The third-order valence-corrected chi connectivity index (χ3v) is 4.65. The van der Waals surface area contributed by atoms with Gasteiger partial charge in [0.15, 0.2) is 0 Å². The lowest BCUT2D eigenvalue weighted by Gasteiger charge is -2.18. The third kappa shape index (κ3) is 2.41. The number of rotatable bonds is 3. The summed E-state index contributed by atoms with van der Waals surface area (Å²) in [6.45, 7) is 6.48. The first kappa shape index (κ1) is 13.1. The molecule has 0 amide bonds. The minimum Gasteiger partial charge on any atom is -0.378 e. The molecule has 3 heteroatoms. The quantitative estimate of drug-likeness (QED) is 0.724. The van der Waals surface area contributed by atoms with Gasteiger partial charge in [0.1, 0.15) is 0 Å². The zero-order chi connectivity index (χ0) is 14.1. The Morgan fingerprint density at radius 3 is 2.90 bits per heavy atom. The summed E-state index contributed by atoms with van der Waals surface area (Å²) in [4.78, 5) is 4.51. The van der Waals surface area contributed by atoms with Crippen molar-refractivity contribution in [2.45, 2.75) is 26.8 Å². The van der Waals surface area contributed by atoms with Crippen LogP contribution in [-0.2, 0) is 0 Å². The standard InChI is InChI=1S/C17H18N2S/c1-11-5-4-6-15(12(11)2)19-13(3)14-9-17-16(18-10-14)7-8-20-17/h4-10,13,19H,1-3H3. The maximum atomic E-state index is 4.51. The lowest BCUT2D eigenvalue weighted by Crippen LogP contribution is -2.08. The van der Waals surface area contributed by atoms with Crippen LogP contribution in [0.4, 0.5) is 5.69 Å². The minimum absolute atomic E-state index is 0.245. The van der Waals surface area contributed by atoms with Gasteiger partial charge in [-0.3, -0.25) is 4.98 Å². The van der Waals surface area contributed by atoms with E-state index < -0.39 is 0 Å². The Balaban J connectivity index is 1.88. The third-order valence-electron chi connectivity index (χ3n) is 3.80. The molecular weight excluding hydrogens is 264 g/mol. The second kappa shape index (κ2) is 5.25. The van der Waals surface area contributed by atoms with Crippen LogP contribution in [0.5, 0.6) is 0 Å². The van der Waals surface area contributed by atoms with E-state index in [2.05, 4.69) is 66.8 Å². The van der Waals surface area contributed by atoms with Crippen molar-refractivity contribution >= 4 is 27.2 Å². The van der Waals surface area contributed by atoms with Crippen LogP contribution in [0.25, 0.3) is 10.2 Å². The summed E-state index contributed by atoms with van der Waals surface area (Å²) in [5.41, 5.74) is 6.13. The molecule has 0 aliphatic rings. The molecule has 1 unspecified atom stereocenters. The average Bonchev–Trinajstić information content (AvgIpc) is 2.91. The van der Waals surface area contributed by atoms with Crippen LogP contribution in [0.2, 0.25) is 0 Å². The summed E-state index contributed by atoms with van der Waals surface area (Å²) in [5.74, 6) is 0. The molecule has 3 rings (SSSR count). The van der Waals surface area contributed by atoms with Crippen molar-refractivity contribution in [2.24, 2.45) is 0 Å². The number of hydrogen-bond donors (Lipinski definition) is 1. The predicted molar refractivity (Wildman–Crippen MR) is 87.6 cm³/mol. The molecule has 1 aromatic carbocycles. The largest absolute Gasteiger partial charge is 0.378 e. The SMILES string of the molecule is Cc1cccc(NC(C)c2cnc3ccsc3c2)c1C. The van der Waals surface area contributed by atoms with Gasteiger partial charge < -0.3 is 5.32 Å². The maximum Gasteiger partial charge on any atom is 0.0809 e. The Morgan fingerprint density at radius 2 is 2.05 bits per heavy atom. The maximum absolute atomic E-state index is 4.51. The van der Waals surface area contributed by atoms with Gasteiger partial charge in [0.05, 0.1) is 16.3 Å². The van der Waals surface area contributed by atoms with E-state index in [1.165, 1.54) is 27.1 Å². The van der Waals surface area contributed by atoms with Crippen molar-refractivity contribution in [1.82, 2.24) is 4.98 Å². The molecule has 0 saturated carbocycles. The van der Waals surface area contributed by atoms with Crippen LogP contribution in [0.1, 0.15) is 29.7 Å². The molecule has 1 N–H and O–H groups in total. The molecule has 0 bridgehead atoms. The second-order valence-corrected chi connectivity index (χ2v) is 6.13. The van der Waals surface area contributed by atoms with E-state index in [9.17, 15) is 0 Å². The summed E-state index contributed by atoms with van der Waals surface area (Å²) < 4.78 is 1.25. The molecule has 0 spiro atoms. The number of hydrogen-bond acceptors (Lipinski definition) is 3. The molecule has 0 aliphatic heterocycles. The Kier molecular flexibility index (Phi) is 3.45. The van der Waals surface area contributed by atoms with E-state index in [1.807, 2.05) is 6.20 Å². The molecule has 0 saturated heterocycles. The van der Waals surface area contributed by atoms with E-state index in [1.54, 1.807) is 11.3 Å². The van der Waals surface area contributed by atoms with Crippen molar-refractivity contribution in [1.29, 1.82) is 0 Å². The first-order chi connectivity index (χ1) is 9.65. The zero-order valence-electron chi connectivity index (χ0n) is 12.0. The highest BCUT2D eigenvalue weighted by molar-refractivity contribution is 7.17. The molecule has 102 valence electrons. The van der Waals surface area contributed by atoms with Gasteiger partial charge in [-0.1, -0.05) is 12.1 Å². The number of nitrogens with one attached hydrogen (secondary N) is 1. The molecule has 2 aromatic heterocycles. The van der Waals surface area contributed by atoms with Crippen LogP contribution in [0.3, 0.4) is 0 Å². The molecule has 2 nitrogen and oxygen atoms in total. The van der Waals surface area contributed by atoms with E-state index in [0.717, 1.165) is 5.52 Å². The van der Waals surface area contributed by atoms with Crippen molar-refractivity contribution in [3.63, 3.8) is 0 Å². The Morgan fingerprint density at radius 1 is 1.20 bits per heavy atom. The normalized spacial score (nSPS) is 12.6. The second-order valence-electron chi connectivity index (χ2n) is 5.19. The summed E-state index contributed by atoms with van der Waals surface area (Å²) in [6.07, 6.45) is 1.97. The number of benzene rings is 1. The summed E-state index contributed by atoms with van der Waals surface area (Å²) >= 11 is 1.74. The Hall–Kier alpha value is -1.87. The fourth-order valence-corrected chi connectivity index (χ4v) is 3.11. The van der Waals surface area contributed by atoms with Crippen molar-refractivity contribution in [3.05, 3.63) is 58.6 Å². The minimum atomic E-state index is 0.245. The van der Waals surface area contributed by atoms with Crippen molar-refractivity contribution < 1.29 is 0 Å². The fourth-order valence-electron chi connectivity index (χ4n) is 2.32. The summed E-state index contributed by atoms with van der Waals surface area (Å²) in [7, 11) is 0. The summed E-state index contributed by atoms with van der Waals surface area (Å²) in [6, 6.07) is 10.9. The number of anilines is 1. The molecule has 20 heavy (non-hydrogen) atoms. The van der Waals surface area contributed by atoms with Crippen LogP contribution in [0.15, 0.2) is 41.9 Å². The number of pyridine rings is 1. The molecule has 1 atom stereocenters. The molecule has 2 heterocycles. The highest BCUT2D eigenvalue weighted by Gasteiger charge is 2.09. The smallest absolute Gasteiger partial charge is 0.0809 e. The first-order valence-electron chi connectivity index (χ1n) is 6.81. The van der Waals surface area contributed by atoms with Gasteiger partial charge in [-0.25, -0.2) is 0 Å². The number of nitrogens with zero attached hydrogens (tertiary/aromatic N) is 1. The molecular formula is C17H18N2S. The van der Waals surface area contributed by atoms with Gasteiger partial charge in [0.2, 0.25) is 0 Å².